The summed E-state index contributed by atoms with van der Waals surface area (Å²) in [4.78, 5) is 29.4. The molecule has 154 valence electrons. The SMILES string of the molecule is CCCCN(C)CCC(=O)N1CCC2(CC1)CC(=O)c1cc(OC)ccc1O2. The number of ether oxygens (including phenoxy) is 2. The van der Waals surface area contributed by atoms with Crippen LogP contribution in [0.2, 0.25) is 0 Å². The van der Waals surface area contributed by atoms with Gasteiger partial charge in [0, 0.05) is 38.9 Å². The minimum atomic E-state index is -0.479. The van der Waals surface area contributed by atoms with Gasteiger partial charge in [-0.3, -0.25) is 9.59 Å². The molecule has 0 atom stereocenters. The fourth-order valence-corrected chi connectivity index (χ4v) is 4.03. The average Bonchev–Trinajstić information content (AvgIpc) is 2.70. The van der Waals surface area contributed by atoms with Crippen molar-refractivity contribution in [3.63, 3.8) is 0 Å². The molecule has 1 amide bonds. The van der Waals surface area contributed by atoms with Crippen LogP contribution in [0.4, 0.5) is 0 Å². The van der Waals surface area contributed by atoms with Crippen LogP contribution >= 0.6 is 0 Å². The molecule has 2 heterocycles. The summed E-state index contributed by atoms with van der Waals surface area (Å²) in [5.74, 6) is 1.59. The molecule has 6 heteroatoms. The number of rotatable bonds is 7. The second kappa shape index (κ2) is 8.95. The first-order valence-electron chi connectivity index (χ1n) is 10.3. The van der Waals surface area contributed by atoms with Crippen molar-refractivity contribution >= 4 is 11.7 Å². The fourth-order valence-electron chi connectivity index (χ4n) is 4.03. The Hall–Kier alpha value is -2.08. The van der Waals surface area contributed by atoms with Crippen LogP contribution in [0, 0.1) is 0 Å². The number of carbonyl (C=O) groups is 2. The third-order valence-corrected chi connectivity index (χ3v) is 5.92. The van der Waals surface area contributed by atoms with E-state index in [2.05, 4.69) is 18.9 Å². The molecule has 0 aliphatic carbocycles. The van der Waals surface area contributed by atoms with Gasteiger partial charge >= 0.3 is 0 Å². The van der Waals surface area contributed by atoms with Crippen LogP contribution in [0.1, 0.15) is 55.8 Å². The molecule has 3 rings (SSSR count). The van der Waals surface area contributed by atoms with E-state index in [1.165, 1.54) is 6.42 Å². The average molecular weight is 389 g/mol. The highest BCUT2D eigenvalue weighted by molar-refractivity contribution is 6.00. The standard InChI is InChI=1S/C22H32N2O4/c1-4-5-11-23(2)12-8-21(26)24-13-9-22(10-14-24)16-19(25)18-15-17(27-3)6-7-20(18)28-22/h6-7,15H,4-5,8-14,16H2,1-3H3. The van der Waals surface area contributed by atoms with Gasteiger partial charge in [-0.25, -0.2) is 0 Å². The lowest BCUT2D eigenvalue weighted by Crippen LogP contribution is -2.52. The van der Waals surface area contributed by atoms with Gasteiger partial charge in [0.25, 0.3) is 0 Å². The number of hydrogen-bond donors (Lipinski definition) is 0. The Balaban J connectivity index is 1.54. The predicted molar refractivity (Wildman–Crippen MR) is 108 cm³/mol. The van der Waals surface area contributed by atoms with Crippen LogP contribution < -0.4 is 9.47 Å². The topological polar surface area (TPSA) is 59.1 Å². The maximum Gasteiger partial charge on any atom is 0.223 e. The normalized spacial score (nSPS) is 18.1. The molecular formula is C22H32N2O4. The van der Waals surface area contributed by atoms with Crippen LogP contribution in [-0.2, 0) is 4.79 Å². The van der Waals surface area contributed by atoms with Crippen molar-refractivity contribution in [1.29, 1.82) is 0 Å². The molecule has 1 saturated heterocycles. The summed E-state index contributed by atoms with van der Waals surface area (Å²) in [5.41, 5.74) is 0.117. The quantitative estimate of drug-likeness (QED) is 0.718. The lowest BCUT2D eigenvalue weighted by atomic mass is 9.82. The number of unbranched alkanes of at least 4 members (excludes halogenated alkanes) is 1. The van der Waals surface area contributed by atoms with E-state index in [0.29, 0.717) is 55.8 Å². The number of Topliss-reactive ketones (excluding diaryl/α,β-unsaturated/α-hetero) is 1. The van der Waals surface area contributed by atoms with Crippen molar-refractivity contribution in [1.82, 2.24) is 9.80 Å². The van der Waals surface area contributed by atoms with E-state index in [1.54, 1.807) is 13.2 Å². The maximum absolute atomic E-state index is 12.7. The minimum Gasteiger partial charge on any atom is -0.497 e. The fraction of sp³-hybridized carbons (Fsp3) is 0.636. The van der Waals surface area contributed by atoms with Crippen molar-refractivity contribution in [2.45, 2.75) is 51.0 Å². The lowest BCUT2D eigenvalue weighted by Gasteiger charge is -2.44. The van der Waals surface area contributed by atoms with Crippen LogP contribution in [0.3, 0.4) is 0 Å². The molecule has 1 aromatic rings. The first-order chi connectivity index (χ1) is 13.5. The Bertz CT molecular complexity index is 710. The van der Waals surface area contributed by atoms with Gasteiger partial charge in [0.05, 0.1) is 19.1 Å². The molecule has 1 aromatic carbocycles. The zero-order valence-corrected chi connectivity index (χ0v) is 17.3. The summed E-state index contributed by atoms with van der Waals surface area (Å²) in [6.07, 6.45) is 4.64. The Kier molecular flexibility index (Phi) is 6.60. The molecule has 6 nitrogen and oxygen atoms in total. The number of fused-ring (bicyclic) bond motifs is 1. The lowest BCUT2D eigenvalue weighted by molar-refractivity contribution is -0.135. The number of benzene rings is 1. The largest absolute Gasteiger partial charge is 0.497 e. The molecule has 0 N–H and O–H groups in total. The highest BCUT2D eigenvalue weighted by Crippen LogP contribution is 2.40. The summed E-state index contributed by atoms with van der Waals surface area (Å²) in [6, 6.07) is 5.38. The van der Waals surface area contributed by atoms with Gasteiger partial charge in [0.2, 0.25) is 5.91 Å². The highest BCUT2D eigenvalue weighted by atomic mass is 16.5. The summed E-state index contributed by atoms with van der Waals surface area (Å²) >= 11 is 0. The maximum atomic E-state index is 12.7. The van der Waals surface area contributed by atoms with E-state index >= 15 is 0 Å². The predicted octanol–water partition coefficient (Wildman–Crippen LogP) is 3.14. The van der Waals surface area contributed by atoms with Gasteiger partial charge in [-0.15, -0.1) is 0 Å². The molecule has 1 fully saturated rings. The number of carbonyl (C=O) groups excluding carboxylic acids is 2. The Morgan fingerprint density at radius 3 is 2.71 bits per heavy atom. The summed E-state index contributed by atoms with van der Waals surface area (Å²) in [7, 11) is 3.66. The molecule has 0 aromatic heterocycles. The molecule has 1 spiro atoms. The third kappa shape index (κ3) is 4.66. The Morgan fingerprint density at radius 1 is 1.29 bits per heavy atom. The van der Waals surface area contributed by atoms with Gasteiger partial charge in [-0.05, 0) is 38.2 Å². The van der Waals surface area contributed by atoms with Crippen molar-refractivity contribution in [3.8, 4) is 11.5 Å². The van der Waals surface area contributed by atoms with E-state index in [0.717, 1.165) is 19.5 Å². The van der Waals surface area contributed by atoms with Gasteiger partial charge in [-0.1, -0.05) is 13.3 Å². The molecular weight excluding hydrogens is 356 g/mol. The molecule has 0 saturated carbocycles. The zero-order valence-electron chi connectivity index (χ0n) is 17.3. The molecule has 2 aliphatic heterocycles. The van der Waals surface area contributed by atoms with Crippen LogP contribution in [-0.4, -0.2) is 67.4 Å². The third-order valence-electron chi connectivity index (χ3n) is 5.92. The van der Waals surface area contributed by atoms with E-state index in [9.17, 15) is 9.59 Å². The van der Waals surface area contributed by atoms with Crippen molar-refractivity contribution in [2.75, 3.05) is 40.3 Å². The smallest absolute Gasteiger partial charge is 0.223 e. The van der Waals surface area contributed by atoms with E-state index in [4.69, 9.17) is 9.47 Å². The second-order valence-electron chi connectivity index (χ2n) is 8.03. The summed E-state index contributed by atoms with van der Waals surface area (Å²) in [6.45, 7) is 5.31. The van der Waals surface area contributed by atoms with E-state index in [-0.39, 0.29) is 11.7 Å². The number of nitrogens with zero attached hydrogens (tertiary/aromatic N) is 2. The van der Waals surface area contributed by atoms with Crippen molar-refractivity contribution in [3.05, 3.63) is 23.8 Å². The van der Waals surface area contributed by atoms with Gasteiger partial charge in [0.15, 0.2) is 5.78 Å². The van der Waals surface area contributed by atoms with Crippen LogP contribution in [0.5, 0.6) is 11.5 Å². The van der Waals surface area contributed by atoms with Crippen LogP contribution in [0.15, 0.2) is 18.2 Å². The number of methoxy groups -OCH3 is 1. The summed E-state index contributed by atoms with van der Waals surface area (Å²) in [5, 5.41) is 0. The molecule has 0 radical (unpaired) electrons. The highest BCUT2D eigenvalue weighted by Gasteiger charge is 2.43. The zero-order chi connectivity index (χ0) is 20.1. The van der Waals surface area contributed by atoms with E-state index in [1.807, 2.05) is 17.0 Å². The van der Waals surface area contributed by atoms with Crippen molar-refractivity contribution < 1.29 is 19.1 Å². The first kappa shape index (κ1) is 20.6. The molecule has 2 aliphatic rings. The number of hydrogen-bond acceptors (Lipinski definition) is 5. The monoisotopic (exact) mass is 388 g/mol. The van der Waals surface area contributed by atoms with Gasteiger partial charge in [0.1, 0.15) is 17.1 Å². The molecule has 28 heavy (non-hydrogen) atoms. The second-order valence-corrected chi connectivity index (χ2v) is 8.03. The first-order valence-corrected chi connectivity index (χ1v) is 10.3. The Labute approximate surface area is 167 Å². The van der Waals surface area contributed by atoms with Crippen LogP contribution in [0.25, 0.3) is 0 Å². The van der Waals surface area contributed by atoms with E-state index < -0.39 is 5.60 Å². The van der Waals surface area contributed by atoms with Gasteiger partial charge in [-0.2, -0.15) is 0 Å². The minimum absolute atomic E-state index is 0.0949. The Morgan fingerprint density at radius 2 is 2.04 bits per heavy atom. The number of piperidine rings is 1. The number of amides is 1. The number of ketones is 1. The molecule has 0 bridgehead atoms. The molecule has 0 unspecified atom stereocenters. The summed E-state index contributed by atoms with van der Waals surface area (Å²) < 4.78 is 11.5. The van der Waals surface area contributed by atoms with Crippen molar-refractivity contribution in [2.24, 2.45) is 0 Å². The van der Waals surface area contributed by atoms with Gasteiger partial charge < -0.3 is 19.3 Å². The number of likely N-dealkylation sites (tertiary alicyclic amines) is 1.